The van der Waals surface area contributed by atoms with E-state index in [0.29, 0.717) is 6.29 Å². The number of aliphatic hydroxyl groups excluding tert-OH is 1. The lowest BCUT2D eigenvalue weighted by Gasteiger charge is -2.19. The van der Waals surface area contributed by atoms with E-state index in [0.717, 1.165) is 0 Å². The molecule has 0 aromatic rings. The van der Waals surface area contributed by atoms with Crippen LogP contribution in [-0.4, -0.2) is 29.7 Å². The number of aldehydes is 1. The Morgan fingerprint density at radius 1 is 1.60 bits per heavy atom. The van der Waals surface area contributed by atoms with E-state index in [4.69, 9.17) is 9.84 Å². The van der Waals surface area contributed by atoms with Crippen LogP contribution in [0.4, 0.5) is 0 Å². The Kier molecular flexibility index (Phi) is 3.53. The molecule has 0 saturated carbocycles. The van der Waals surface area contributed by atoms with Crippen molar-refractivity contribution in [1.29, 1.82) is 0 Å². The summed E-state index contributed by atoms with van der Waals surface area (Å²) < 4.78 is 5.10. The van der Waals surface area contributed by atoms with Gasteiger partial charge in [0, 0.05) is 0 Å². The quantitative estimate of drug-likeness (QED) is 0.585. The zero-order valence-electron chi connectivity index (χ0n) is 6.63. The third-order valence-electron chi connectivity index (χ3n) is 0.844. The van der Waals surface area contributed by atoms with Gasteiger partial charge >= 0.3 is 0 Å². The van der Waals surface area contributed by atoms with Gasteiger partial charge in [0.1, 0.15) is 6.10 Å². The van der Waals surface area contributed by atoms with Crippen molar-refractivity contribution in [2.24, 2.45) is 0 Å². The van der Waals surface area contributed by atoms with E-state index in [1.165, 1.54) is 0 Å². The maximum atomic E-state index is 9.89. The summed E-state index contributed by atoms with van der Waals surface area (Å²) in [4.78, 5) is 9.89. The summed E-state index contributed by atoms with van der Waals surface area (Å²) in [6.45, 7) is 5.67. The van der Waals surface area contributed by atoms with Crippen LogP contribution in [-0.2, 0) is 9.53 Å². The van der Waals surface area contributed by atoms with Crippen molar-refractivity contribution >= 4 is 6.29 Å². The molecular weight excluding hydrogens is 132 g/mol. The van der Waals surface area contributed by atoms with Crippen LogP contribution in [0.3, 0.4) is 0 Å². The molecule has 1 atom stereocenters. The maximum absolute atomic E-state index is 9.89. The molecule has 0 fully saturated rings. The zero-order valence-corrected chi connectivity index (χ0v) is 6.63. The lowest BCUT2D eigenvalue weighted by atomic mass is 10.2. The van der Waals surface area contributed by atoms with Crippen molar-refractivity contribution in [1.82, 2.24) is 0 Å². The second-order valence-electron chi connectivity index (χ2n) is 3.13. The minimum Gasteiger partial charge on any atom is -0.383 e. The summed E-state index contributed by atoms with van der Waals surface area (Å²) in [7, 11) is 0. The smallest absolute Gasteiger partial charge is 0.150 e. The minimum absolute atomic E-state index is 0.0764. The number of rotatable bonds is 3. The predicted octanol–water partition coefficient (Wildman–Crippen LogP) is 0.361. The lowest BCUT2D eigenvalue weighted by molar-refractivity contribution is -0.121. The van der Waals surface area contributed by atoms with Gasteiger partial charge in [0.05, 0.1) is 12.2 Å². The van der Waals surface area contributed by atoms with Gasteiger partial charge in [-0.1, -0.05) is 0 Å². The molecule has 3 nitrogen and oxygen atoms in total. The van der Waals surface area contributed by atoms with Crippen LogP contribution in [0.15, 0.2) is 0 Å². The number of carbonyl (C=O) groups excluding carboxylic acids is 1. The monoisotopic (exact) mass is 146 g/mol. The number of ether oxygens (including phenoxy) is 1. The number of hydrogen-bond donors (Lipinski definition) is 1. The van der Waals surface area contributed by atoms with Crippen LogP contribution in [0.2, 0.25) is 0 Å². The largest absolute Gasteiger partial charge is 0.383 e. The SMILES string of the molecule is CC(C)(C)OCC(O)C=O. The second kappa shape index (κ2) is 3.68. The molecule has 1 unspecified atom stereocenters. The topological polar surface area (TPSA) is 46.5 Å². The van der Waals surface area contributed by atoms with Gasteiger partial charge in [-0.15, -0.1) is 0 Å². The average molecular weight is 146 g/mol. The van der Waals surface area contributed by atoms with Crippen LogP contribution in [0.5, 0.6) is 0 Å². The normalized spacial score (nSPS) is 14.8. The van der Waals surface area contributed by atoms with E-state index >= 15 is 0 Å². The molecule has 0 aromatic heterocycles. The molecule has 0 aromatic carbocycles. The van der Waals surface area contributed by atoms with Crippen molar-refractivity contribution in [3.05, 3.63) is 0 Å². The van der Waals surface area contributed by atoms with Crippen molar-refractivity contribution in [3.8, 4) is 0 Å². The molecule has 3 heteroatoms. The molecule has 0 rings (SSSR count). The summed E-state index contributed by atoms with van der Waals surface area (Å²) in [5, 5.41) is 8.73. The van der Waals surface area contributed by atoms with Crippen molar-refractivity contribution in [2.75, 3.05) is 6.61 Å². The highest BCUT2D eigenvalue weighted by atomic mass is 16.5. The Morgan fingerprint density at radius 3 is 2.40 bits per heavy atom. The molecule has 0 spiro atoms. The number of hydrogen-bond acceptors (Lipinski definition) is 3. The van der Waals surface area contributed by atoms with Gasteiger partial charge in [-0.2, -0.15) is 0 Å². The Bertz CT molecular complexity index is 104. The Labute approximate surface area is 61.0 Å². The van der Waals surface area contributed by atoms with E-state index in [1.807, 2.05) is 20.8 Å². The van der Waals surface area contributed by atoms with Gasteiger partial charge in [0.2, 0.25) is 0 Å². The fourth-order valence-electron chi connectivity index (χ4n) is 0.375. The molecule has 0 aliphatic carbocycles. The highest BCUT2D eigenvalue weighted by Gasteiger charge is 2.12. The lowest BCUT2D eigenvalue weighted by Crippen LogP contribution is -2.26. The fraction of sp³-hybridized carbons (Fsp3) is 0.857. The maximum Gasteiger partial charge on any atom is 0.150 e. The first-order chi connectivity index (χ1) is 4.45. The van der Waals surface area contributed by atoms with E-state index < -0.39 is 6.10 Å². The molecule has 10 heavy (non-hydrogen) atoms. The molecule has 0 amide bonds. The van der Waals surface area contributed by atoms with Gasteiger partial charge in [0.15, 0.2) is 6.29 Å². The number of aliphatic hydroxyl groups is 1. The molecule has 0 bridgehead atoms. The molecular formula is C7H14O3. The first-order valence-corrected chi connectivity index (χ1v) is 3.23. The standard InChI is InChI=1S/C7H14O3/c1-7(2,3)10-5-6(9)4-8/h4,6,9H,5H2,1-3H3. The molecule has 60 valence electrons. The van der Waals surface area contributed by atoms with E-state index in [1.54, 1.807) is 0 Å². The Hall–Kier alpha value is -0.410. The Morgan fingerprint density at radius 2 is 2.10 bits per heavy atom. The first-order valence-electron chi connectivity index (χ1n) is 3.23. The van der Waals surface area contributed by atoms with Crippen LogP contribution < -0.4 is 0 Å². The van der Waals surface area contributed by atoms with E-state index in [-0.39, 0.29) is 12.2 Å². The van der Waals surface area contributed by atoms with Gasteiger partial charge in [-0.25, -0.2) is 0 Å². The molecule has 0 saturated heterocycles. The third kappa shape index (κ3) is 5.72. The van der Waals surface area contributed by atoms with Crippen LogP contribution in [0.1, 0.15) is 20.8 Å². The summed E-state index contributed by atoms with van der Waals surface area (Å²) in [5.41, 5.74) is -0.288. The highest BCUT2D eigenvalue weighted by Crippen LogP contribution is 2.06. The number of carbonyl (C=O) groups is 1. The van der Waals surface area contributed by atoms with Crippen LogP contribution in [0, 0.1) is 0 Å². The van der Waals surface area contributed by atoms with Gasteiger partial charge < -0.3 is 14.6 Å². The first kappa shape index (κ1) is 9.59. The molecule has 1 N–H and O–H groups in total. The summed E-state index contributed by atoms with van der Waals surface area (Å²) in [5.74, 6) is 0. The molecule has 0 aliphatic rings. The average Bonchev–Trinajstić information content (AvgIpc) is 1.81. The van der Waals surface area contributed by atoms with E-state index in [2.05, 4.69) is 0 Å². The summed E-state index contributed by atoms with van der Waals surface area (Å²) in [6, 6.07) is 0. The molecule has 0 radical (unpaired) electrons. The summed E-state index contributed by atoms with van der Waals surface area (Å²) in [6.07, 6.45) is -0.523. The Balaban J connectivity index is 3.45. The van der Waals surface area contributed by atoms with Crippen molar-refractivity contribution < 1.29 is 14.6 Å². The van der Waals surface area contributed by atoms with Crippen molar-refractivity contribution in [3.63, 3.8) is 0 Å². The highest BCUT2D eigenvalue weighted by molar-refractivity contribution is 5.55. The second-order valence-corrected chi connectivity index (χ2v) is 3.13. The minimum atomic E-state index is -0.987. The van der Waals surface area contributed by atoms with Gasteiger partial charge in [0.25, 0.3) is 0 Å². The van der Waals surface area contributed by atoms with Crippen molar-refractivity contribution in [2.45, 2.75) is 32.5 Å². The van der Waals surface area contributed by atoms with Crippen LogP contribution >= 0.6 is 0 Å². The van der Waals surface area contributed by atoms with Gasteiger partial charge in [-0.05, 0) is 20.8 Å². The summed E-state index contributed by atoms with van der Waals surface area (Å²) >= 11 is 0. The molecule has 0 aliphatic heterocycles. The van der Waals surface area contributed by atoms with Crippen LogP contribution in [0.25, 0.3) is 0 Å². The third-order valence-corrected chi connectivity index (χ3v) is 0.844. The molecule has 0 heterocycles. The predicted molar refractivity (Wildman–Crippen MR) is 37.8 cm³/mol. The fourth-order valence-corrected chi connectivity index (χ4v) is 0.375. The van der Waals surface area contributed by atoms with E-state index in [9.17, 15) is 4.79 Å². The zero-order chi connectivity index (χ0) is 8.20. The van der Waals surface area contributed by atoms with Gasteiger partial charge in [-0.3, -0.25) is 0 Å².